The molecule has 0 aliphatic carbocycles. The standard InChI is InChI=1S/C14H21N3O7P2/c18-14(25(19,20)21,26(22,23)24)9-5-4-8-13(11-15-17-16-13)10-12-6-2-1-3-7-12/h1-3,6-7,11,18H,4-5,8-10H2,(H2,19,20,21)(H2,22,23,24). The third-order valence-corrected chi connectivity index (χ3v) is 8.13. The fourth-order valence-electron chi connectivity index (χ4n) is 2.76. The predicted octanol–water partition coefficient (Wildman–Crippen LogP) is 1.98. The molecule has 1 heterocycles. The maximum atomic E-state index is 11.4. The van der Waals surface area contributed by atoms with Gasteiger partial charge in [0.05, 0.1) is 6.21 Å². The molecule has 0 bridgehead atoms. The number of unbranched alkanes of at least 4 members (excludes halogenated alkanes) is 1. The van der Waals surface area contributed by atoms with Crippen molar-refractivity contribution in [1.29, 1.82) is 0 Å². The zero-order valence-corrected chi connectivity index (χ0v) is 15.6. The SMILES string of the molecule is O=P(O)(O)C(O)(CCCCC1(Cc2ccccc2)C=NN=N1)P(=O)(O)O. The van der Waals surface area contributed by atoms with Gasteiger partial charge in [-0.2, -0.15) is 5.11 Å². The van der Waals surface area contributed by atoms with Gasteiger partial charge in [0.1, 0.15) is 5.54 Å². The van der Waals surface area contributed by atoms with Gasteiger partial charge in [0.15, 0.2) is 0 Å². The molecule has 0 fully saturated rings. The van der Waals surface area contributed by atoms with Crippen molar-refractivity contribution in [3.8, 4) is 0 Å². The van der Waals surface area contributed by atoms with E-state index < -0.39 is 32.2 Å². The normalized spacial score (nSPS) is 20.7. The van der Waals surface area contributed by atoms with Crippen molar-refractivity contribution >= 4 is 21.4 Å². The van der Waals surface area contributed by atoms with Gasteiger partial charge in [0, 0.05) is 6.42 Å². The van der Waals surface area contributed by atoms with Crippen LogP contribution in [-0.2, 0) is 15.6 Å². The lowest BCUT2D eigenvalue weighted by atomic mass is 9.87. The number of hydrogen-bond donors (Lipinski definition) is 5. The van der Waals surface area contributed by atoms with E-state index in [2.05, 4.69) is 15.4 Å². The van der Waals surface area contributed by atoms with Crippen LogP contribution in [0.2, 0.25) is 0 Å². The Kier molecular flexibility index (Phi) is 6.30. The van der Waals surface area contributed by atoms with Gasteiger partial charge in [0.2, 0.25) is 0 Å². The number of nitrogens with zero attached hydrogens (tertiary/aromatic N) is 3. The minimum Gasteiger partial charge on any atom is -0.368 e. The second kappa shape index (κ2) is 7.78. The van der Waals surface area contributed by atoms with Crippen LogP contribution in [0.15, 0.2) is 45.8 Å². The van der Waals surface area contributed by atoms with Gasteiger partial charge in [-0.05, 0) is 30.0 Å². The minimum atomic E-state index is -5.42. The van der Waals surface area contributed by atoms with Gasteiger partial charge in [0.25, 0.3) is 5.08 Å². The third-order valence-electron chi connectivity index (χ3n) is 4.25. The first-order valence-corrected chi connectivity index (χ1v) is 11.1. The highest BCUT2D eigenvalue weighted by atomic mass is 31.2. The van der Waals surface area contributed by atoms with E-state index in [1.54, 1.807) is 6.21 Å². The Morgan fingerprint density at radius 2 is 1.62 bits per heavy atom. The van der Waals surface area contributed by atoms with Crippen molar-refractivity contribution in [2.45, 2.75) is 42.7 Å². The van der Waals surface area contributed by atoms with E-state index in [9.17, 15) is 14.2 Å². The molecule has 0 aromatic heterocycles. The first-order chi connectivity index (χ1) is 12.0. The van der Waals surface area contributed by atoms with Crippen LogP contribution in [0, 0.1) is 0 Å². The molecule has 10 nitrogen and oxygen atoms in total. The molecule has 0 amide bonds. The molecule has 5 N–H and O–H groups in total. The van der Waals surface area contributed by atoms with Gasteiger partial charge in [-0.15, -0.1) is 5.10 Å². The predicted molar refractivity (Wildman–Crippen MR) is 93.7 cm³/mol. The van der Waals surface area contributed by atoms with Crippen LogP contribution in [0.5, 0.6) is 0 Å². The summed E-state index contributed by atoms with van der Waals surface area (Å²) in [6, 6.07) is 9.48. The smallest absolute Gasteiger partial charge is 0.368 e. The fourth-order valence-corrected chi connectivity index (χ4v) is 5.02. The van der Waals surface area contributed by atoms with Crippen LogP contribution in [0.3, 0.4) is 0 Å². The molecular formula is C14H21N3O7P2. The van der Waals surface area contributed by atoms with Crippen molar-refractivity contribution in [2.75, 3.05) is 0 Å². The summed E-state index contributed by atoms with van der Waals surface area (Å²) in [5, 5.41) is 18.0. The van der Waals surface area contributed by atoms with Gasteiger partial charge >= 0.3 is 15.2 Å². The Labute approximate surface area is 150 Å². The molecule has 1 atom stereocenters. The van der Waals surface area contributed by atoms with E-state index in [1.165, 1.54) is 0 Å². The van der Waals surface area contributed by atoms with Crippen LogP contribution in [0.4, 0.5) is 0 Å². The summed E-state index contributed by atoms with van der Waals surface area (Å²) in [5.41, 5.74) is 0.283. The summed E-state index contributed by atoms with van der Waals surface area (Å²) < 4.78 is 22.7. The topological polar surface area (TPSA) is 172 Å². The van der Waals surface area contributed by atoms with E-state index in [4.69, 9.17) is 19.6 Å². The van der Waals surface area contributed by atoms with Gasteiger partial charge in [-0.3, -0.25) is 9.13 Å². The van der Waals surface area contributed by atoms with Crippen molar-refractivity contribution in [3.05, 3.63) is 35.9 Å². The molecule has 1 aromatic rings. The molecule has 0 saturated carbocycles. The number of aliphatic hydroxyl groups is 1. The Bertz CT molecular complexity index is 738. The summed E-state index contributed by atoms with van der Waals surface area (Å²) in [7, 11) is -10.8. The minimum absolute atomic E-state index is 0.0212. The van der Waals surface area contributed by atoms with Crippen LogP contribution < -0.4 is 0 Å². The second-order valence-electron chi connectivity index (χ2n) is 6.27. The quantitative estimate of drug-likeness (QED) is 0.308. The summed E-state index contributed by atoms with van der Waals surface area (Å²) in [6.45, 7) is 0. The van der Waals surface area contributed by atoms with Crippen LogP contribution >= 0.6 is 15.2 Å². The van der Waals surface area contributed by atoms with Gasteiger partial charge in [-0.1, -0.05) is 36.8 Å². The zero-order valence-electron chi connectivity index (χ0n) is 13.8. The fraction of sp³-hybridized carbons (Fsp3) is 0.500. The van der Waals surface area contributed by atoms with Crippen LogP contribution in [0.25, 0.3) is 0 Å². The van der Waals surface area contributed by atoms with Crippen LogP contribution in [0.1, 0.15) is 31.2 Å². The molecule has 0 saturated heterocycles. The third kappa shape index (κ3) is 4.72. The molecule has 0 spiro atoms. The molecule has 1 aromatic carbocycles. The molecule has 0 radical (unpaired) electrons. The molecule has 1 aliphatic rings. The summed E-state index contributed by atoms with van der Waals surface area (Å²) in [6.07, 6.45) is 2.04. The van der Waals surface area contributed by atoms with E-state index in [0.717, 1.165) is 5.56 Å². The Morgan fingerprint density at radius 1 is 1.00 bits per heavy atom. The van der Waals surface area contributed by atoms with Crippen molar-refractivity contribution in [2.24, 2.45) is 15.4 Å². The average Bonchev–Trinajstić information content (AvgIpc) is 2.99. The molecule has 144 valence electrons. The lowest BCUT2D eigenvalue weighted by Crippen LogP contribution is -2.31. The summed E-state index contributed by atoms with van der Waals surface area (Å²) in [4.78, 5) is 36.6. The van der Waals surface area contributed by atoms with E-state index in [-0.39, 0.29) is 6.42 Å². The number of rotatable bonds is 9. The Hall–Kier alpha value is -1.25. The molecule has 12 heteroatoms. The maximum absolute atomic E-state index is 11.4. The van der Waals surface area contributed by atoms with Crippen molar-refractivity contribution < 1.29 is 33.8 Å². The molecule has 1 unspecified atom stereocenters. The summed E-state index contributed by atoms with van der Waals surface area (Å²) in [5.74, 6) is 0. The lowest BCUT2D eigenvalue weighted by molar-refractivity contribution is 0.120. The lowest BCUT2D eigenvalue weighted by Gasteiger charge is -2.29. The largest absolute Gasteiger partial charge is 0.369 e. The molecule has 2 rings (SSSR count). The van der Waals surface area contributed by atoms with E-state index in [1.807, 2.05) is 30.3 Å². The Morgan fingerprint density at radius 3 is 2.12 bits per heavy atom. The monoisotopic (exact) mass is 405 g/mol. The first-order valence-electron chi connectivity index (χ1n) is 7.83. The van der Waals surface area contributed by atoms with Crippen LogP contribution in [-0.4, -0.2) is 41.5 Å². The average molecular weight is 405 g/mol. The maximum Gasteiger partial charge on any atom is 0.369 e. The first kappa shape index (κ1) is 21.1. The van der Waals surface area contributed by atoms with Crippen molar-refractivity contribution in [1.82, 2.24) is 0 Å². The number of benzene rings is 1. The Balaban J connectivity index is 2.01. The second-order valence-corrected chi connectivity index (χ2v) is 10.3. The van der Waals surface area contributed by atoms with Crippen molar-refractivity contribution in [3.63, 3.8) is 0 Å². The van der Waals surface area contributed by atoms with Gasteiger partial charge in [-0.25, -0.2) is 0 Å². The highest BCUT2D eigenvalue weighted by molar-refractivity contribution is 7.72. The molecule has 1 aliphatic heterocycles. The number of hydrogen-bond acceptors (Lipinski definition) is 6. The van der Waals surface area contributed by atoms with E-state index >= 15 is 0 Å². The summed E-state index contributed by atoms with van der Waals surface area (Å²) >= 11 is 0. The molecular weight excluding hydrogens is 384 g/mol. The highest BCUT2D eigenvalue weighted by Crippen LogP contribution is 2.69. The van der Waals surface area contributed by atoms with Gasteiger partial charge < -0.3 is 24.7 Å². The molecule has 26 heavy (non-hydrogen) atoms. The highest BCUT2D eigenvalue weighted by Gasteiger charge is 2.58. The van der Waals surface area contributed by atoms with E-state index in [0.29, 0.717) is 19.3 Å². The zero-order chi connectivity index (χ0) is 19.5.